The first-order valence-electron chi connectivity index (χ1n) is 15.3. The zero-order valence-electron chi connectivity index (χ0n) is 23.4. The maximum atomic E-state index is 12.4. The number of aliphatic hydroxyl groups is 1. The molecule has 2 unspecified atom stereocenters. The van der Waals surface area contributed by atoms with E-state index in [0.717, 1.165) is 75.6 Å². The molecule has 0 bridgehead atoms. The van der Waals surface area contributed by atoms with E-state index in [9.17, 15) is 9.90 Å². The molecule has 1 saturated heterocycles. The molecular weight excluding hydrogens is 476 g/mol. The Kier molecular flexibility index (Phi) is 7.09. The Morgan fingerprint density at radius 2 is 1.89 bits per heavy atom. The molecule has 6 rings (SSSR count). The fourth-order valence-electron chi connectivity index (χ4n) is 9.38. The Bertz CT molecular complexity index is 1120. The van der Waals surface area contributed by atoms with Gasteiger partial charge in [-0.05, 0) is 125 Å². The van der Waals surface area contributed by atoms with Gasteiger partial charge >= 0.3 is 5.63 Å². The number of oxime groups is 1. The van der Waals surface area contributed by atoms with Gasteiger partial charge in [-0.3, -0.25) is 0 Å². The van der Waals surface area contributed by atoms with Crippen LogP contribution in [0.1, 0.15) is 102 Å². The van der Waals surface area contributed by atoms with Crippen molar-refractivity contribution < 1.29 is 14.4 Å². The minimum Gasteiger partial charge on any atom is -0.431 e. The highest BCUT2D eigenvalue weighted by atomic mass is 16.6. The van der Waals surface area contributed by atoms with Gasteiger partial charge in [0.2, 0.25) is 0 Å². The molecule has 0 spiro atoms. The molecule has 4 fully saturated rings. The van der Waals surface area contributed by atoms with Crippen LogP contribution in [0.25, 0.3) is 0 Å². The predicted octanol–water partition coefficient (Wildman–Crippen LogP) is 6.05. The van der Waals surface area contributed by atoms with Crippen molar-refractivity contribution in [2.45, 2.75) is 102 Å². The first-order chi connectivity index (χ1) is 18.3. The number of hydrogen-bond acceptors (Lipinski definition) is 6. The van der Waals surface area contributed by atoms with E-state index in [1.165, 1.54) is 44.0 Å². The van der Waals surface area contributed by atoms with Gasteiger partial charge in [-0.1, -0.05) is 31.0 Å². The minimum absolute atomic E-state index is 0.130. The lowest BCUT2D eigenvalue weighted by Gasteiger charge is -2.61. The lowest BCUT2D eigenvalue weighted by Crippen LogP contribution is -2.60. The summed E-state index contributed by atoms with van der Waals surface area (Å²) in [5.41, 5.74) is 2.65. The number of fused-ring (bicyclic) bond motifs is 5. The molecular formula is C32H46N2O4. The second-order valence-electron chi connectivity index (χ2n) is 13.4. The highest BCUT2D eigenvalue weighted by Gasteiger charge is 2.66. The number of nitrogens with zero attached hydrogens (tertiary/aromatic N) is 2. The van der Waals surface area contributed by atoms with Crippen molar-refractivity contribution in [2.24, 2.45) is 27.8 Å². The summed E-state index contributed by atoms with van der Waals surface area (Å²) in [5, 5.41) is 17.0. The molecule has 208 valence electrons. The van der Waals surface area contributed by atoms with Gasteiger partial charge in [-0.25, -0.2) is 4.79 Å². The molecule has 1 aromatic rings. The van der Waals surface area contributed by atoms with Gasteiger partial charge in [0.25, 0.3) is 0 Å². The third kappa shape index (κ3) is 4.40. The number of piperidine rings is 1. The molecule has 1 aromatic heterocycles. The topological polar surface area (TPSA) is 75.3 Å². The standard InChI is InChI=1S/C32H46N2O4/c1-30-14-11-25(33-38-20-6-19-34-17-4-3-5-18-34)21-24(30)8-9-28-27(30)12-15-31(2)26(13-16-32(28,31)36)23-7-10-29(35)37-22-23/h7,10,21-22,26-28,36H,3-6,8-9,11-20H2,1-2H3/t26-,27?,28?,30+,31-,32+/m1/s1. The van der Waals surface area contributed by atoms with Crippen LogP contribution in [0.5, 0.6) is 0 Å². The second-order valence-corrected chi connectivity index (χ2v) is 13.4. The van der Waals surface area contributed by atoms with E-state index >= 15 is 0 Å². The second kappa shape index (κ2) is 10.2. The first-order valence-corrected chi connectivity index (χ1v) is 15.3. The number of allylic oxidation sites excluding steroid dienone is 2. The van der Waals surface area contributed by atoms with Crippen molar-refractivity contribution in [1.29, 1.82) is 0 Å². The Balaban J connectivity index is 1.12. The molecule has 3 saturated carbocycles. The van der Waals surface area contributed by atoms with Gasteiger partial charge in [-0.2, -0.15) is 0 Å². The van der Waals surface area contributed by atoms with E-state index in [1.807, 2.05) is 6.07 Å². The molecule has 0 aromatic carbocycles. The van der Waals surface area contributed by atoms with E-state index in [4.69, 9.17) is 9.25 Å². The van der Waals surface area contributed by atoms with Crippen LogP contribution < -0.4 is 5.63 Å². The molecule has 6 nitrogen and oxygen atoms in total. The summed E-state index contributed by atoms with van der Waals surface area (Å²) in [6.45, 7) is 9.04. The van der Waals surface area contributed by atoms with Crippen LogP contribution in [0.3, 0.4) is 0 Å². The van der Waals surface area contributed by atoms with Crippen LogP contribution in [0, 0.1) is 22.7 Å². The predicted molar refractivity (Wildman–Crippen MR) is 149 cm³/mol. The Hall–Kier alpha value is -1.92. The average Bonchev–Trinajstić information content (AvgIpc) is 3.21. The van der Waals surface area contributed by atoms with Crippen molar-refractivity contribution in [3.63, 3.8) is 0 Å². The van der Waals surface area contributed by atoms with Crippen LogP contribution in [0.2, 0.25) is 0 Å². The van der Waals surface area contributed by atoms with Crippen molar-refractivity contribution in [3.05, 3.63) is 46.0 Å². The zero-order valence-corrected chi connectivity index (χ0v) is 23.4. The molecule has 6 heteroatoms. The number of likely N-dealkylation sites (tertiary alicyclic amines) is 1. The first kappa shape index (κ1) is 26.3. The van der Waals surface area contributed by atoms with Gasteiger partial charge in [0.1, 0.15) is 6.61 Å². The summed E-state index contributed by atoms with van der Waals surface area (Å²) < 4.78 is 5.23. The summed E-state index contributed by atoms with van der Waals surface area (Å²) in [5.74, 6) is 1.05. The van der Waals surface area contributed by atoms with E-state index in [-0.39, 0.29) is 22.4 Å². The normalized spacial score (nSPS) is 40.2. The van der Waals surface area contributed by atoms with Crippen LogP contribution in [-0.2, 0) is 4.84 Å². The third-order valence-electron chi connectivity index (χ3n) is 11.6. The molecule has 1 aliphatic heterocycles. The van der Waals surface area contributed by atoms with Gasteiger partial charge in [0.05, 0.1) is 17.6 Å². The maximum Gasteiger partial charge on any atom is 0.335 e. The molecule has 38 heavy (non-hydrogen) atoms. The summed E-state index contributed by atoms with van der Waals surface area (Å²) in [6, 6.07) is 3.44. The molecule has 1 N–H and O–H groups in total. The van der Waals surface area contributed by atoms with Crippen LogP contribution in [0.15, 0.2) is 44.4 Å². The van der Waals surface area contributed by atoms with E-state index in [1.54, 1.807) is 6.26 Å². The fraction of sp³-hybridized carbons (Fsp3) is 0.750. The minimum atomic E-state index is -0.670. The highest BCUT2D eigenvalue weighted by Crippen LogP contribution is 2.69. The molecule has 0 radical (unpaired) electrons. The summed E-state index contributed by atoms with van der Waals surface area (Å²) >= 11 is 0. The maximum absolute atomic E-state index is 12.4. The quantitative estimate of drug-likeness (QED) is 0.364. The smallest absolute Gasteiger partial charge is 0.335 e. The lowest BCUT2D eigenvalue weighted by atomic mass is 9.45. The van der Waals surface area contributed by atoms with E-state index < -0.39 is 5.60 Å². The highest BCUT2D eigenvalue weighted by molar-refractivity contribution is 5.96. The van der Waals surface area contributed by atoms with Crippen LogP contribution in [0.4, 0.5) is 0 Å². The van der Waals surface area contributed by atoms with Gasteiger partial charge in [0, 0.05) is 18.0 Å². The fourth-order valence-corrected chi connectivity index (χ4v) is 9.38. The molecule has 4 aliphatic carbocycles. The summed E-state index contributed by atoms with van der Waals surface area (Å²) in [6.07, 6.45) is 17.1. The Morgan fingerprint density at radius 3 is 2.68 bits per heavy atom. The lowest BCUT2D eigenvalue weighted by molar-refractivity contribution is -0.176. The van der Waals surface area contributed by atoms with Crippen molar-refractivity contribution in [1.82, 2.24) is 4.90 Å². The number of rotatable bonds is 6. The monoisotopic (exact) mass is 522 g/mol. The summed E-state index contributed by atoms with van der Waals surface area (Å²) in [4.78, 5) is 19.9. The van der Waals surface area contributed by atoms with Gasteiger partial charge in [-0.15, -0.1) is 0 Å². The largest absolute Gasteiger partial charge is 0.431 e. The SMILES string of the molecule is C[C@]12CCC(=NOCCCN3CCCCC3)C=C1CCC1C2CC[C@]2(C)[C@@H](c3ccc(=O)oc3)CC[C@]12O. The summed E-state index contributed by atoms with van der Waals surface area (Å²) in [7, 11) is 0. The van der Waals surface area contributed by atoms with E-state index in [0.29, 0.717) is 18.4 Å². The third-order valence-corrected chi connectivity index (χ3v) is 11.6. The van der Waals surface area contributed by atoms with Gasteiger partial charge in [0.15, 0.2) is 0 Å². The van der Waals surface area contributed by atoms with Crippen molar-refractivity contribution in [3.8, 4) is 0 Å². The molecule has 6 atom stereocenters. The number of hydrogen-bond donors (Lipinski definition) is 1. The zero-order chi connectivity index (χ0) is 26.4. The van der Waals surface area contributed by atoms with Gasteiger partial charge < -0.3 is 19.3 Å². The Labute approximate surface area is 227 Å². The van der Waals surface area contributed by atoms with Crippen molar-refractivity contribution in [2.75, 3.05) is 26.2 Å². The van der Waals surface area contributed by atoms with Crippen LogP contribution in [-0.4, -0.2) is 47.6 Å². The molecule has 2 heterocycles. The van der Waals surface area contributed by atoms with E-state index in [2.05, 4.69) is 30.0 Å². The van der Waals surface area contributed by atoms with Crippen LogP contribution >= 0.6 is 0 Å². The Morgan fingerprint density at radius 1 is 1.05 bits per heavy atom. The molecule has 5 aliphatic rings. The molecule has 0 amide bonds. The van der Waals surface area contributed by atoms with Crippen molar-refractivity contribution >= 4 is 5.71 Å². The average molecular weight is 523 g/mol.